The van der Waals surface area contributed by atoms with Crippen molar-refractivity contribution in [2.75, 3.05) is 0 Å². The van der Waals surface area contributed by atoms with Crippen molar-refractivity contribution < 1.29 is 9.18 Å². The van der Waals surface area contributed by atoms with Crippen molar-refractivity contribution in [3.63, 3.8) is 0 Å². The molecule has 0 aliphatic heterocycles. The van der Waals surface area contributed by atoms with E-state index in [1.165, 1.54) is 12.1 Å². The van der Waals surface area contributed by atoms with Crippen LogP contribution >= 0.6 is 0 Å². The second kappa shape index (κ2) is 5.67. The second-order valence-electron chi connectivity index (χ2n) is 6.79. The van der Waals surface area contributed by atoms with Gasteiger partial charge >= 0.3 is 0 Å². The lowest BCUT2D eigenvalue weighted by Crippen LogP contribution is -2.37. The molecule has 5 nitrogen and oxygen atoms in total. The number of carbonyl (C=O) groups excluding carboxylic acids is 1. The quantitative estimate of drug-likeness (QED) is 0.717. The number of rotatable bonds is 3. The molecule has 3 atom stereocenters. The zero-order valence-electron chi connectivity index (χ0n) is 13.8. The molecule has 1 saturated carbocycles. The summed E-state index contributed by atoms with van der Waals surface area (Å²) in [4.78, 5) is 24.6. The number of imidazole rings is 1. The van der Waals surface area contributed by atoms with Crippen LogP contribution in [0.4, 0.5) is 4.39 Å². The van der Waals surface area contributed by atoms with Crippen molar-refractivity contribution in [1.29, 1.82) is 0 Å². The minimum atomic E-state index is -0.308. The first-order chi connectivity index (χ1) is 12.7. The Bertz CT molecular complexity index is 1080. The predicted octanol–water partition coefficient (Wildman–Crippen LogP) is 2.91. The number of hydrogen-bond acceptors (Lipinski definition) is 3. The number of fused-ring (bicyclic) bond motifs is 3. The number of benzene rings is 1. The number of pyridine rings is 1. The second-order valence-corrected chi connectivity index (χ2v) is 6.79. The van der Waals surface area contributed by atoms with E-state index in [2.05, 4.69) is 32.1 Å². The molecule has 6 heteroatoms. The van der Waals surface area contributed by atoms with Crippen LogP contribution in [-0.2, 0) is 0 Å². The molecule has 1 aromatic carbocycles. The summed E-state index contributed by atoms with van der Waals surface area (Å²) in [5.41, 5.74) is 2.29. The topological polar surface area (TPSA) is 70.7 Å². The first-order valence-corrected chi connectivity index (χ1v) is 8.60. The Morgan fingerprint density at radius 2 is 2.04 bits per heavy atom. The molecule has 2 N–H and O–H groups in total. The molecule has 128 valence electrons. The van der Waals surface area contributed by atoms with Crippen LogP contribution in [0.25, 0.3) is 22.6 Å². The highest BCUT2D eigenvalue weighted by Gasteiger charge is 2.37. The average molecular weight is 346 g/mol. The summed E-state index contributed by atoms with van der Waals surface area (Å²) in [6.45, 7) is 0. The number of carbonyl (C=O) groups is 1. The third kappa shape index (κ3) is 2.44. The Morgan fingerprint density at radius 3 is 2.77 bits per heavy atom. The van der Waals surface area contributed by atoms with Crippen LogP contribution in [0.5, 0.6) is 0 Å². The van der Waals surface area contributed by atoms with Gasteiger partial charge in [-0.3, -0.25) is 4.79 Å². The maximum Gasteiger partial charge on any atom is 0.253 e. The molecule has 0 spiro atoms. The zero-order chi connectivity index (χ0) is 17.7. The van der Waals surface area contributed by atoms with E-state index in [9.17, 15) is 9.18 Å². The minimum Gasteiger partial charge on any atom is -0.348 e. The van der Waals surface area contributed by atoms with Gasteiger partial charge in [0, 0.05) is 29.6 Å². The maximum atomic E-state index is 13.1. The maximum absolute atomic E-state index is 13.1. The summed E-state index contributed by atoms with van der Waals surface area (Å²) < 4.78 is 13.1. The van der Waals surface area contributed by atoms with Crippen molar-refractivity contribution in [3.05, 3.63) is 47.9 Å². The minimum absolute atomic E-state index is 0.108. The molecule has 2 aliphatic rings. The Morgan fingerprint density at radius 1 is 1.19 bits per heavy atom. The SMILES string of the molecule is O=C(NC1CC2C#CC1C2)c1ccnc2nc(-c3ccc(F)cc3)[nH]c12. The van der Waals surface area contributed by atoms with Crippen LogP contribution in [0.3, 0.4) is 0 Å². The van der Waals surface area contributed by atoms with Crippen LogP contribution in [0.2, 0.25) is 0 Å². The van der Waals surface area contributed by atoms with E-state index >= 15 is 0 Å². The summed E-state index contributed by atoms with van der Waals surface area (Å²) in [7, 11) is 0. The van der Waals surface area contributed by atoms with Crippen molar-refractivity contribution in [2.24, 2.45) is 11.8 Å². The highest BCUT2D eigenvalue weighted by atomic mass is 19.1. The van der Waals surface area contributed by atoms with Crippen molar-refractivity contribution in [3.8, 4) is 23.2 Å². The molecule has 3 aromatic rings. The van der Waals surface area contributed by atoms with E-state index in [1.54, 1.807) is 24.4 Å². The summed E-state index contributed by atoms with van der Waals surface area (Å²) in [5, 5.41) is 3.11. The van der Waals surface area contributed by atoms with E-state index in [0.29, 0.717) is 28.5 Å². The third-order valence-corrected chi connectivity index (χ3v) is 5.11. The van der Waals surface area contributed by atoms with Gasteiger partial charge in [0.15, 0.2) is 5.65 Å². The first-order valence-electron chi connectivity index (χ1n) is 8.60. The number of nitrogens with zero attached hydrogens (tertiary/aromatic N) is 2. The Balaban J connectivity index is 1.47. The zero-order valence-corrected chi connectivity index (χ0v) is 13.8. The molecule has 2 bridgehead atoms. The fourth-order valence-electron chi connectivity index (χ4n) is 3.79. The molecular formula is C20H15FN4O. The molecule has 2 aliphatic carbocycles. The number of halogens is 1. The molecule has 2 heterocycles. The van der Waals surface area contributed by atoms with Crippen molar-refractivity contribution >= 4 is 17.1 Å². The smallest absolute Gasteiger partial charge is 0.253 e. The van der Waals surface area contributed by atoms with Crippen molar-refractivity contribution in [2.45, 2.75) is 18.9 Å². The Labute approximate surface area is 149 Å². The average Bonchev–Trinajstić information content (AvgIpc) is 3.36. The van der Waals surface area contributed by atoms with Crippen LogP contribution in [-0.4, -0.2) is 26.9 Å². The predicted molar refractivity (Wildman–Crippen MR) is 94.5 cm³/mol. The summed E-state index contributed by atoms with van der Waals surface area (Å²) in [6, 6.07) is 7.82. The van der Waals surface area contributed by atoms with E-state index in [1.807, 2.05) is 0 Å². The van der Waals surface area contributed by atoms with Gasteiger partial charge in [0.05, 0.1) is 11.1 Å². The lowest BCUT2D eigenvalue weighted by Gasteiger charge is -2.17. The Hall–Kier alpha value is -3.20. The van der Waals surface area contributed by atoms with Gasteiger partial charge in [-0.25, -0.2) is 14.4 Å². The highest BCUT2D eigenvalue weighted by molar-refractivity contribution is 6.04. The molecule has 1 fully saturated rings. The molecule has 2 aromatic heterocycles. The summed E-state index contributed by atoms with van der Waals surface area (Å²) in [6.07, 6.45) is 3.52. The molecule has 26 heavy (non-hydrogen) atoms. The fraction of sp³-hybridized carbons (Fsp3) is 0.250. The molecule has 0 radical (unpaired) electrons. The lowest BCUT2D eigenvalue weighted by molar-refractivity contribution is 0.0933. The Kier molecular flexibility index (Phi) is 3.29. The number of aromatic amines is 1. The number of nitrogens with one attached hydrogen (secondary N) is 2. The van der Waals surface area contributed by atoms with Gasteiger partial charge in [0.1, 0.15) is 11.6 Å². The van der Waals surface area contributed by atoms with Gasteiger partial charge < -0.3 is 10.3 Å². The molecule has 3 unspecified atom stereocenters. The molecular weight excluding hydrogens is 331 g/mol. The number of H-pyrrole nitrogens is 1. The molecule has 0 saturated heterocycles. The van der Waals surface area contributed by atoms with E-state index in [0.717, 1.165) is 18.4 Å². The molecule has 1 amide bonds. The lowest BCUT2D eigenvalue weighted by atomic mass is 10.0. The third-order valence-electron chi connectivity index (χ3n) is 5.11. The fourth-order valence-corrected chi connectivity index (χ4v) is 3.79. The highest BCUT2D eigenvalue weighted by Crippen LogP contribution is 2.35. The number of hydrogen-bond donors (Lipinski definition) is 2. The van der Waals surface area contributed by atoms with Crippen LogP contribution in [0.1, 0.15) is 23.2 Å². The standard InChI is InChI=1S/C20H15FN4O/c21-14-5-3-12(4-6-14)18-24-17-15(7-8-22-19(17)25-18)20(26)23-16-10-11-1-2-13(16)9-11/h3-8,11,13,16H,9-10H2,(H,23,26)(H,22,24,25). The van der Waals surface area contributed by atoms with Crippen LogP contribution in [0, 0.1) is 29.5 Å². The largest absolute Gasteiger partial charge is 0.348 e. The van der Waals surface area contributed by atoms with Gasteiger partial charge in [0.2, 0.25) is 0 Å². The van der Waals surface area contributed by atoms with E-state index in [-0.39, 0.29) is 23.7 Å². The van der Waals surface area contributed by atoms with Crippen LogP contribution in [0.15, 0.2) is 36.5 Å². The van der Waals surface area contributed by atoms with E-state index < -0.39 is 0 Å². The molecule has 5 rings (SSSR count). The van der Waals surface area contributed by atoms with Gasteiger partial charge in [-0.15, -0.1) is 0 Å². The van der Waals surface area contributed by atoms with Crippen LogP contribution < -0.4 is 5.32 Å². The van der Waals surface area contributed by atoms with Gasteiger partial charge in [-0.1, -0.05) is 11.8 Å². The van der Waals surface area contributed by atoms with Gasteiger partial charge in [0.25, 0.3) is 5.91 Å². The first kappa shape index (κ1) is 15.1. The number of aromatic nitrogens is 3. The van der Waals surface area contributed by atoms with E-state index in [4.69, 9.17) is 0 Å². The number of amides is 1. The van der Waals surface area contributed by atoms with Gasteiger partial charge in [-0.2, -0.15) is 0 Å². The monoisotopic (exact) mass is 346 g/mol. The van der Waals surface area contributed by atoms with Gasteiger partial charge in [-0.05, 0) is 43.2 Å². The summed E-state index contributed by atoms with van der Waals surface area (Å²) >= 11 is 0. The van der Waals surface area contributed by atoms with Crippen molar-refractivity contribution in [1.82, 2.24) is 20.3 Å². The normalized spacial score (nSPS) is 23.0. The summed E-state index contributed by atoms with van der Waals surface area (Å²) in [5.74, 6) is 7.18.